The lowest BCUT2D eigenvalue weighted by Gasteiger charge is -2.21. The Kier molecular flexibility index (Phi) is 3.39. The molecule has 1 heterocycles. The van der Waals surface area contributed by atoms with Gasteiger partial charge in [0.05, 0.1) is 0 Å². The minimum absolute atomic E-state index is 0.348. The zero-order chi connectivity index (χ0) is 11.5. The highest BCUT2D eigenvalue weighted by Gasteiger charge is 2.17. The van der Waals surface area contributed by atoms with E-state index in [0.29, 0.717) is 19.1 Å². The Hall–Kier alpha value is -1.15. The van der Waals surface area contributed by atoms with Crippen LogP contribution in [-0.4, -0.2) is 13.2 Å². The van der Waals surface area contributed by atoms with Crippen molar-refractivity contribution in [1.82, 2.24) is 0 Å². The SMILES string of the molecule is C=CCC(C)c1cc2c(cc1Cl)OCCO2. The van der Waals surface area contributed by atoms with Gasteiger partial charge in [0.1, 0.15) is 13.2 Å². The second-order valence-corrected chi connectivity index (χ2v) is 4.35. The summed E-state index contributed by atoms with van der Waals surface area (Å²) in [6.07, 6.45) is 2.80. The summed E-state index contributed by atoms with van der Waals surface area (Å²) in [6.45, 7) is 7.06. The highest BCUT2D eigenvalue weighted by atomic mass is 35.5. The summed E-state index contributed by atoms with van der Waals surface area (Å²) in [7, 11) is 0. The molecular weight excluding hydrogens is 224 g/mol. The highest BCUT2D eigenvalue weighted by molar-refractivity contribution is 6.31. The van der Waals surface area contributed by atoms with Crippen molar-refractivity contribution in [1.29, 1.82) is 0 Å². The standard InChI is InChI=1S/C13H15ClO2/c1-3-4-9(2)10-7-12-13(8-11(10)14)16-6-5-15-12/h3,7-9H,1,4-6H2,2H3. The Balaban J connectivity index is 2.35. The van der Waals surface area contributed by atoms with Crippen molar-refractivity contribution in [3.05, 3.63) is 35.4 Å². The van der Waals surface area contributed by atoms with Crippen LogP contribution in [0.2, 0.25) is 5.02 Å². The van der Waals surface area contributed by atoms with Gasteiger partial charge in [-0.1, -0.05) is 24.6 Å². The average molecular weight is 239 g/mol. The molecule has 1 aliphatic heterocycles. The Morgan fingerprint density at radius 2 is 2.00 bits per heavy atom. The molecule has 0 saturated heterocycles. The number of hydrogen-bond acceptors (Lipinski definition) is 2. The van der Waals surface area contributed by atoms with E-state index in [1.807, 2.05) is 18.2 Å². The fourth-order valence-electron chi connectivity index (χ4n) is 1.83. The van der Waals surface area contributed by atoms with E-state index in [4.69, 9.17) is 21.1 Å². The topological polar surface area (TPSA) is 18.5 Å². The van der Waals surface area contributed by atoms with Crippen LogP contribution in [0.3, 0.4) is 0 Å². The highest BCUT2D eigenvalue weighted by Crippen LogP contribution is 2.38. The Morgan fingerprint density at radius 3 is 2.62 bits per heavy atom. The van der Waals surface area contributed by atoms with Gasteiger partial charge in [0.15, 0.2) is 11.5 Å². The first kappa shape index (κ1) is 11.3. The number of halogens is 1. The smallest absolute Gasteiger partial charge is 0.162 e. The van der Waals surface area contributed by atoms with Gasteiger partial charge in [0.25, 0.3) is 0 Å². The van der Waals surface area contributed by atoms with E-state index < -0.39 is 0 Å². The van der Waals surface area contributed by atoms with E-state index in [0.717, 1.165) is 28.5 Å². The van der Waals surface area contributed by atoms with Crippen LogP contribution in [0.5, 0.6) is 11.5 Å². The van der Waals surface area contributed by atoms with Gasteiger partial charge in [0.2, 0.25) is 0 Å². The van der Waals surface area contributed by atoms with Crippen molar-refractivity contribution in [2.75, 3.05) is 13.2 Å². The zero-order valence-corrected chi connectivity index (χ0v) is 10.1. The minimum atomic E-state index is 0.348. The molecule has 0 fully saturated rings. The zero-order valence-electron chi connectivity index (χ0n) is 9.33. The van der Waals surface area contributed by atoms with Crippen molar-refractivity contribution in [3.63, 3.8) is 0 Å². The number of hydrogen-bond donors (Lipinski definition) is 0. The number of fused-ring (bicyclic) bond motifs is 1. The van der Waals surface area contributed by atoms with Gasteiger partial charge in [-0.25, -0.2) is 0 Å². The quantitative estimate of drug-likeness (QED) is 0.746. The first-order valence-corrected chi connectivity index (χ1v) is 5.80. The van der Waals surface area contributed by atoms with Crippen molar-refractivity contribution < 1.29 is 9.47 Å². The van der Waals surface area contributed by atoms with Crippen molar-refractivity contribution in [3.8, 4) is 11.5 Å². The molecule has 86 valence electrons. The van der Waals surface area contributed by atoms with E-state index in [9.17, 15) is 0 Å². The maximum absolute atomic E-state index is 6.22. The molecule has 0 aliphatic carbocycles. The van der Waals surface area contributed by atoms with Crippen molar-refractivity contribution >= 4 is 11.6 Å². The summed E-state index contributed by atoms with van der Waals surface area (Å²) in [5, 5.41) is 0.735. The number of rotatable bonds is 3. The molecule has 1 aliphatic rings. The third-order valence-corrected chi connectivity index (χ3v) is 3.04. The van der Waals surface area contributed by atoms with E-state index in [-0.39, 0.29) is 0 Å². The second kappa shape index (κ2) is 4.79. The van der Waals surface area contributed by atoms with Crippen LogP contribution in [0.25, 0.3) is 0 Å². The van der Waals surface area contributed by atoms with Gasteiger partial charge < -0.3 is 9.47 Å². The summed E-state index contributed by atoms with van der Waals surface area (Å²) < 4.78 is 11.0. The molecule has 0 aromatic heterocycles. The fourth-order valence-corrected chi connectivity index (χ4v) is 2.17. The molecule has 2 nitrogen and oxygen atoms in total. The number of benzene rings is 1. The molecule has 0 bridgehead atoms. The molecule has 0 N–H and O–H groups in total. The lowest BCUT2D eigenvalue weighted by molar-refractivity contribution is 0.171. The van der Waals surface area contributed by atoms with Crippen LogP contribution in [-0.2, 0) is 0 Å². The van der Waals surface area contributed by atoms with Gasteiger partial charge in [-0.3, -0.25) is 0 Å². The third kappa shape index (κ3) is 2.17. The molecule has 1 atom stereocenters. The van der Waals surface area contributed by atoms with Crippen molar-refractivity contribution in [2.45, 2.75) is 19.3 Å². The third-order valence-electron chi connectivity index (χ3n) is 2.71. The maximum Gasteiger partial charge on any atom is 0.162 e. The normalized spacial score (nSPS) is 15.6. The Bertz CT molecular complexity index is 401. The van der Waals surface area contributed by atoms with Crippen LogP contribution >= 0.6 is 11.6 Å². The molecule has 2 rings (SSSR count). The Labute approximate surface area is 101 Å². The monoisotopic (exact) mass is 238 g/mol. The summed E-state index contributed by atoms with van der Waals surface area (Å²) in [5.41, 5.74) is 1.09. The lowest BCUT2D eigenvalue weighted by atomic mass is 9.97. The van der Waals surface area contributed by atoms with Crippen LogP contribution in [0.4, 0.5) is 0 Å². The van der Waals surface area contributed by atoms with E-state index in [1.165, 1.54) is 0 Å². The van der Waals surface area contributed by atoms with E-state index in [2.05, 4.69) is 13.5 Å². The predicted molar refractivity (Wildman–Crippen MR) is 65.7 cm³/mol. The second-order valence-electron chi connectivity index (χ2n) is 3.94. The molecule has 1 unspecified atom stereocenters. The van der Waals surface area contributed by atoms with Crippen molar-refractivity contribution in [2.24, 2.45) is 0 Å². The molecule has 1 aromatic carbocycles. The van der Waals surface area contributed by atoms with Gasteiger partial charge in [-0.2, -0.15) is 0 Å². The molecule has 1 aromatic rings. The minimum Gasteiger partial charge on any atom is -0.486 e. The maximum atomic E-state index is 6.22. The van der Waals surface area contributed by atoms with E-state index in [1.54, 1.807) is 0 Å². The molecule has 0 spiro atoms. The van der Waals surface area contributed by atoms with Crippen LogP contribution in [0.1, 0.15) is 24.8 Å². The first-order valence-electron chi connectivity index (χ1n) is 5.42. The molecule has 0 radical (unpaired) electrons. The number of allylic oxidation sites excluding steroid dienone is 1. The summed E-state index contributed by atoms with van der Waals surface area (Å²) in [4.78, 5) is 0. The summed E-state index contributed by atoms with van der Waals surface area (Å²) in [5.74, 6) is 1.88. The summed E-state index contributed by atoms with van der Waals surface area (Å²) in [6, 6.07) is 3.82. The summed E-state index contributed by atoms with van der Waals surface area (Å²) >= 11 is 6.22. The first-order chi connectivity index (χ1) is 7.72. The molecule has 16 heavy (non-hydrogen) atoms. The molecular formula is C13H15ClO2. The molecule has 0 saturated carbocycles. The van der Waals surface area contributed by atoms with Crippen LogP contribution in [0.15, 0.2) is 24.8 Å². The predicted octanol–water partition coefficient (Wildman–Crippen LogP) is 3.79. The van der Waals surface area contributed by atoms with Crippen LogP contribution in [0, 0.1) is 0 Å². The van der Waals surface area contributed by atoms with Gasteiger partial charge >= 0.3 is 0 Å². The van der Waals surface area contributed by atoms with E-state index >= 15 is 0 Å². The fraction of sp³-hybridized carbons (Fsp3) is 0.385. The number of ether oxygens (including phenoxy) is 2. The largest absolute Gasteiger partial charge is 0.486 e. The lowest BCUT2D eigenvalue weighted by Crippen LogP contribution is -2.15. The van der Waals surface area contributed by atoms with Gasteiger partial charge in [0, 0.05) is 11.1 Å². The molecule has 3 heteroatoms. The molecule has 0 amide bonds. The average Bonchev–Trinajstić information content (AvgIpc) is 2.28. The van der Waals surface area contributed by atoms with Gasteiger partial charge in [-0.15, -0.1) is 6.58 Å². The van der Waals surface area contributed by atoms with Gasteiger partial charge in [-0.05, 0) is 24.0 Å². The Morgan fingerprint density at radius 1 is 1.38 bits per heavy atom. The van der Waals surface area contributed by atoms with Crippen LogP contribution < -0.4 is 9.47 Å².